The third-order valence-corrected chi connectivity index (χ3v) is 2.22. The molecule has 0 spiro atoms. The number of esters is 1. The predicted octanol–water partition coefficient (Wildman–Crippen LogP) is 1.37. The number of benzene rings is 1. The van der Waals surface area contributed by atoms with E-state index >= 15 is 0 Å². The van der Waals surface area contributed by atoms with E-state index in [9.17, 15) is 9.59 Å². The van der Waals surface area contributed by atoms with Gasteiger partial charge in [-0.05, 0) is 19.1 Å². The van der Waals surface area contributed by atoms with Gasteiger partial charge in [0, 0.05) is 5.56 Å². The second-order valence-corrected chi connectivity index (χ2v) is 3.59. The van der Waals surface area contributed by atoms with Crippen LogP contribution in [0.25, 0.3) is 0 Å². The van der Waals surface area contributed by atoms with Crippen LogP contribution in [-0.4, -0.2) is 25.0 Å². The third kappa shape index (κ3) is 4.48. The van der Waals surface area contributed by atoms with E-state index in [4.69, 9.17) is 11.6 Å². The standard InChI is InChI=1S/C13H12ClNO3/c1-2-18-13(17)12(16)15-9-5-7-10-6-3-4-8-11(10)14/h3-4,6,8H,2,9H2,1H3,(H,15,16). The predicted molar refractivity (Wildman–Crippen MR) is 68.0 cm³/mol. The van der Waals surface area contributed by atoms with Crippen molar-refractivity contribution in [1.29, 1.82) is 0 Å². The van der Waals surface area contributed by atoms with Crippen molar-refractivity contribution in [3.63, 3.8) is 0 Å². The number of halogens is 1. The lowest BCUT2D eigenvalue weighted by atomic mass is 10.2. The molecule has 0 saturated carbocycles. The summed E-state index contributed by atoms with van der Waals surface area (Å²) < 4.78 is 4.52. The molecule has 1 amide bonds. The Hall–Kier alpha value is -1.99. The van der Waals surface area contributed by atoms with Crippen molar-refractivity contribution in [2.75, 3.05) is 13.2 Å². The highest BCUT2D eigenvalue weighted by Gasteiger charge is 2.12. The molecule has 1 aromatic rings. The van der Waals surface area contributed by atoms with Crippen LogP contribution in [0.2, 0.25) is 5.02 Å². The van der Waals surface area contributed by atoms with Crippen LogP contribution in [0.4, 0.5) is 0 Å². The lowest BCUT2D eigenvalue weighted by Crippen LogP contribution is -2.32. The molecule has 0 heterocycles. The van der Waals surface area contributed by atoms with E-state index in [2.05, 4.69) is 21.9 Å². The van der Waals surface area contributed by atoms with Crippen LogP contribution in [0.3, 0.4) is 0 Å². The third-order valence-electron chi connectivity index (χ3n) is 1.90. The first-order valence-electron chi connectivity index (χ1n) is 5.33. The summed E-state index contributed by atoms with van der Waals surface area (Å²) in [6, 6.07) is 7.11. The van der Waals surface area contributed by atoms with Gasteiger partial charge in [0.05, 0.1) is 18.2 Å². The van der Waals surface area contributed by atoms with E-state index in [-0.39, 0.29) is 13.2 Å². The van der Waals surface area contributed by atoms with Crippen molar-refractivity contribution in [2.45, 2.75) is 6.92 Å². The molecule has 0 aromatic heterocycles. The maximum Gasteiger partial charge on any atom is 0.396 e. The van der Waals surface area contributed by atoms with Gasteiger partial charge < -0.3 is 10.1 Å². The summed E-state index contributed by atoms with van der Waals surface area (Å²) in [5, 5.41) is 2.87. The van der Waals surface area contributed by atoms with Gasteiger partial charge in [-0.25, -0.2) is 4.79 Å². The fraction of sp³-hybridized carbons (Fsp3) is 0.231. The van der Waals surface area contributed by atoms with Gasteiger partial charge in [-0.15, -0.1) is 0 Å². The Morgan fingerprint density at radius 3 is 2.78 bits per heavy atom. The monoisotopic (exact) mass is 265 g/mol. The average molecular weight is 266 g/mol. The van der Waals surface area contributed by atoms with Crippen LogP contribution < -0.4 is 5.32 Å². The van der Waals surface area contributed by atoms with Crippen molar-refractivity contribution in [3.8, 4) is 11.8 Å². The molecule has 1 aromatic carbocycles. The lowest BCUT2D eigenvalue weighted by molar-refractivity contribution is -0.154. The Balaban J connectivity index is 2.46. The molecule has 0 bridgehead atoms. The van der Waals surface area contributed by atoms with Gasteiger partial charge >= 0.3 is 11.9 Å². The molecule has 0 unspecified atom stereocenters. The lowest BCUT2D eigenvalue weighted by Gasteiger charge is -2.00. The van der Waals surface area contributed by atoms with Crippen molar-refractivity contribution in [2.24, 2.45) is 0 Å². The Morgan fingerprint density at radius 2 is 2.11 bits per heavy atom. The van der Waals surface area contributed by atoms with Crippen LogP contribution in [-0.2, 0) is 14.3 Å². The van der Waals surface area contributed by atoms with Crippen molar-refractivity contribution >= 4 is 23.5 Å². The van der Waals surface area contributed by atoms with Gasteiger partial charge in [-0.3, -0.25) is 4.79 Å². The molecule has 4 nitrogen and oxygen atoms in total. The second kappa shape index (κ2) is 7.36. The van der Waals surface area contributed by atoms with Crippen molar-refractivity contribution in [3.05, 3.63) is 34.9 Å². The quantitative estimate of drug-likeness (QED) is 0.499. The number of ether oxygens (including phenoxy) is 1. The van der Waals surface area contributed by atoms with Crippen LogP contribution in [0.15, 0.2) is 24.3 Å². The minimum absolute atomic E-state index is 0.0584. The zero-order valence-electron chi connectivity index (χ0n) is 9.83. The smallest absolute Gasteiger partial charge is 0.396 e. The topological polar surface area (TPSA) is 55.4 Å². The van der Waals surface area contributed by atoms with Crippen LogP contribution >= 0.6 is 11.6 Å². The van der Waals surface area contributed by atoms with Gasteiger partial charge in [0.15, 0.2) is 0 Å². The van der Waals surface area contributed by atoms with E-state index in [0.29, 0.717) is 10.6 Å². The summed E-state index contributed by atoms with van der Waals surface area (Å²) in [4.78, 5) is 22.1. The highest BCUT2D eigenvalue weighted by Crippen LogP contribution is 2.12. The van der Waals surface area contributed by atoms with Gasteiger partial charge in [-0.1, -0.05) is 35.6 Å². The summed E-state index contributed by atoms with van der Waals surface area (Å²) in [7, 11) is 0. The van der Waals surface area contributed by atoms with Gasteiger partial charge in [0.25, 0.3) is 0 Å². The zero-order valence-corrected chi connectivity index (χ0v) is 10.6. The van der Waals surface area contributed by atoms with E-state index in [1.165, 1.54) is 0 Å². The fourth-order valence-corrected chi connectivity index (χ4v) is 1.28. The number of nitrogens with one attached hydrogen (secondary N) is 1. The van der Waals surface area contributed by atoms with Gasteiger partial charge in [-0.2, -0.15) is 0 Å². The number of carbonyl (C=O) groups is 2. The van der Waals surface area contributed by atoms with Crippen LogP contribution in [0.5, 0.6) is 0 Å². The maximum atomic E-state index is 11.1. The minimum Gasteiger partial charge on any atom is -0.459 e. The highest BCUT2D eigenvalue weighted by molar-refractivity contribution is 6.32. The molecule has 0 aliphatic carbocycles. The molecule has 94 valence electrons. The highest BCUT2D eigenvalue weighted by atomic mass is 35.5. The fourth-order valence-electron chi connectivity index (χ4n) is 1.10. The Bertz CT molecular complexity index is 502. The first kappa shape index (κ1) is 14.1. The molecule has 0 saturated heterocycles. The van der Waals surface area contributed by atoms with Crippen molar-refractivity contribution < 1.29 is 14.3 Å². The SMILES string of the molecule is CCOC(=O)C(=O)NCC#Cc1ccccc1Cl. The average Bonchev–Trinajstić information content (AvgIpc) is 2.36. The second-order valence-electron chi connectivity index (χ2n) is 3.18. The Morgan fingerprint density at radius 1 is 1.39 bits per heavy atom. The Kier molecular flexibility index (Phi) is 5.75. The maximum absolute atomic E-state index is 11.1. The van der Waals surface area contributed by atoms with E-state index < -0.39 is 11.9 Å². The molecular weight excluding hydrogens is 254 g/mol. The van der Waals surface area contributed by atoms with Crippen molar-refractivity contribution in [1.82, 2.24) is 5.32 Å². The number of carbonyl (C=O) groups excluding carboxylic acids is 2. The summed E-state index contributed by atoms with van der Waals surface area (Å²) >= 11 is 5.89. The van der Waals surface area contributed by atoms with E-state index in [1.54, 1.807) is 25.1 Å². The van der Waals surface area contributed by atoms with Crippen LogP contribution in [0, 0.1) is 11.8 Å². The van der Waals surface area contributed by atoms with E-state index in [0.717, 1.165) is 0 Å². The molecule has 5 heteroatoms. The van der Waals surface area contributed by atoms with Gasteiger partial charge in [0.1, 0.15) is 0 Å². The summed E-state index contributed by atoms with van der Waals surface area (Å²) in [6.07, 6.45) is 0. The molecule has 18 heavy (non-hydrogen) atoms. The van der Waals surface area contributed by atoms with Gasteiger partial charge in [0.2, 0.25) is 0 Å². The van der Waals surface area contributed by atoms with E-state index in [1.807, 2.05) is 6.07 Å². The number of rotatable bonds is 2. The first-order valence-corrected chi connectivity index (χ1v) is 5.71. The molecule has 0 aliphatic heterocycles. The summed E-state index contributed by atoms with van der Waals surface area (Å²) in [6.45, 7) is 1.85. The zero-order chi connectivity index (χ0) is 13.4. The molecule has 0 atom stereocenters. The number of hydrogen-bond acceptors (Lipinski definition) is 3. The molecule has 1 N–H and O–H groups in total. The largest absolute Gasteiger partial charge is 0.459 e. The molecular formula is C13H12ClNO3. The Labute approximate surface area is 110 Å². The number of hydrogen-bond donors (Lipinski definition) is 1. The molecule has 0 fully saturated rings. The minimum atomic E-state index is -0.906. The summed E-state index contributed by atoms with van der Waals surface area (Å²) in [5.74, 6) is 3.78. The molecule has 0 radical (unpaired) electrons. The summed E-state index contributed by atoms with van der Waals surface area (Å²) in [5.41, 5.74) is 0.671. The molecule has 1 rings (SSSR count). The molecule has 0 aliphatic rings. The van der Waals surface area contributed by atoms with Crippen LogP contribution in [0.1, 0.15) is 12.5 Å². The number of amides is 1. The normalized spacial score (nSPS) is 9.00. The first-order chi connectivity index (χ1) is 8.65.